The minimum atomic E-state index is -0.0309. The smallest absolute Gasteiger partial charge is 0.318 e. The summed E-state index contributed by atoms with van der Waals surface area (Å²) in [6, 6.07) is 5.98. The molecule has 1 aromatic carbocycles. The molecule has 0 saturated heterocycles. The summed E-state index contributed by atoms with van der Waals surface area (Å²) in [5.74, 6) is 1.35. The van der Waals surface area contributed by atoms with Crippen LogP contribution in [-0.2, 0) is 6.54 Å². The molecule has 1 fully saturated rings. The Morgan fingerprint density at radius 3 is 2.58 bits per heavy atom. The molecule has 1 aromatic rings. The second kappa shape index (κ2) is 9.21. The molecule has 5 nitrogen and oxygen atoms in total. The number of amides is 2. The van der Waals surface area contributed by atoms with Crippen LogP contribution in [0.4, 0.5) is 4.79 Å². The Morgan fingerprint density at radius 1 is 1.25 bits per heavy atom. The molecule has 0 aromatic heterocycles. The molecule has 0 unspecified atom stereocenters. The lowest BCUT2D eigenvalue weighted by Crippen LogP contribution is -2.45. The standard InChI is InChI=1S/C19H28N2O3/c1-4-12-21(19(22)20-16-8-6-5-7-9-16)14-15-10-11-17(23-2)18(13-15)24-3/h4,10-11,13,16H,1,5-9,12,14H2,2-3H3,(H,20,22). The number of urea groups is 1. The number of methoxy groups -OCH3 is 2. The van der Waals surface area contributed by atoms with E-state index in [-0.39, 0.29) is 6.03 Å². The lowest BCUT2D eigenvalue weighted by Gasteiger charge is -2.28. The fraction of sp³-hybridized carbons (Fsp3) is 0.526. The highest BCUT2D eigenvalue weighted by Crippen LogP contribution is 2.28. The first-order valence-electron chi connectivity index (χ1n) is 8.55. The van der Waals surface area contributed by atoms with Gasteiger partial charge in [0.15, 0.2) is 11.5 Å². The van der Waals surface area contributed by atoms with Crippen LogP contribution in [0.3, 0.4) is 0 Å². The normalized spacial score (nSPS) is 14.8. The molecule has 1 aliphatic rings. The van der Waals surface area contributed by atoms with Crippen LogP contribution in [0.5, 0.6) is 11.5 Å². The van der Waals surface area contributed by atoms with E-state index in [1.54, 1.807) is 25.2 Å². The summed E-state index contributed by atoms with van der Waals surface area (Å²) in [6.07, 6.45) is 7.56. The molecular weight excluding hydrogens is 304 g/mol. The Hall–Kier alpha value is -2.17. The summed E-state index contributed by atoms with van der Waals surface area (Å²) in [5, 5.41) is 3.16. The average molecular weight is 332 g/mol. The quantitative estimate of drug-likeness (QED) is 0.774. The van der Waals surface area contributed by atoms with Gasteiger partial charge in [-0.15, -0.1) is 6.58 Å². The number of hydrogen-bond donors (Lipinski definition) is 1. The second-order valence-corrected chi connectivity index (χ2v) is 6.14. The van der Waals surface area contributed by atoms with Crippen molar-refractivity contribution in [3.05, 3.63) is 36.4 Å². The predicted molar refractivity (Wildman–Crippen MR) is 95.6 cm³/mol. The lowest BCUT2D eigenvalue weighted by atomic mass is 9.96. The van der Waals surface area contributed by atoms with Crippen molar-refractivity contribution in [3.8, 4) is 11.5 Å². The van der Waals surface area contributed by atoms with E-state index in [0.717, 1.165) is 18.4 Å². The second-order valence-electron chi connectivity index (χ2n) is 6.14. The van der Waals surface area contributed by atoms with E-state index in [2.05, 4.69) is 11.9 Å². The number of benzene rings is 1. The van der Waals surface area contributed by atoms with E-state index < -0.39 is 0 Å². The largest absolute Gasteiger partial charge is 0.493 e. The van der Waals surface area contributed by atoms with Crippen LogP contribution in [0.15, 0.2) is 30.9 Å². The monoisotopic (exact) mass is 332 g/mol. The van der Waals surface area contributed by atoms with Crippen molar-refractivity contribution in [1.82, 2.24) is 10.2 Å². The van der Waals surface area contributed by atoms with Crippen molar-refractivity contribution in [2.45, 2.75) is 44.7 Å². The summed E-state index contributed by atoms with van der Waals surface area (Å²) < 4.78 is 10.6. The fourth-order valence-electron chi connectivity index (χ4n) is 3.09. The van der Waals surface area contributed by atoms with E-state index in [9.17, 15) is 4.79 Å². The van der Waals surface area contributed by atoms with Crippen molar-refractivity contribution in [1.29, 1.82) is 0 Å². The van der Waals surface area contributed by atoms with Crippen LogP contribution in [0.25, 0.3) is 0 Å². The van der Waals surface area contributed by atoms with Gasteiger partial charge in [-0.1, -0.05) is 31.4 Å². The molecule has 0 radical (unpaired) electrons. The van der Waals surface area contributed by atoms with Crippen LogP contribution >= 0.6 is 0 Å². The number of hydrogen-bond acceptors (Lipinski definition) is 3. The van der Waals surface area contributed by atoms with Crippen molar-refractivity contribution in [2.24, 2.45) is 0 Å². The Morgan fingerprint density at radius 2 is 1.96 bits per heavy atom. The van der Waals surface area contributed by atoms with Crippen LogP contribution in [-0.4, -0.2) is 37.7 Å². The van der Waals surface area contributed by atoms with Gasteiger partial charge >= 0.3 is 6.03 Å². The number of nitrogens with one attached hydrogen (secondary N) is 1. The zero-order valence-corrected chi connectivity index (χ0v) is 14.7. The van der Waals surface area contributed by atoms with Gasteiger partial charge in [0.2, 0.25) is 0 Å². The zero-order valence-electron chi connectivity index (χ0n) is 14.7. The van der Waals surface area contributed by atoms with E-state index in [4.69, 9.17) is 9.47 Å². The molecule has 24 heavy (non-hydrogen) atoms. The minimum absolute atomic E-state index is 0.0309. The lowest BCUT2D eigenvalue weighted by molar-refractivity contribution is 0.193. The Labute approximate surface area is 144 Å². The first-order valence-corrected chi connectivity index (χ1v) is 8.55. The Balaban J connectivity index is 2.04. The zero-order chi connectivity index (χ0) is 17.4. The molecular formula is C19H28N2O3. The first-order chi connectivity index (χ1) is 11.7. The van der Waals surface area contributed by atoms with Crippen molar-refractivity contribution >= 4 is 6.03 Å². The highest BCUT2D eigenvalue weighted by molar-refractivity contribution is 5.74. The van der Waals surface area contributed by atoms with Gasteiger partial charge in [0.05, 0.1) is 14.2 Å². The molecule has 1 N–H and O–H groups in total. The molecule has 1 aliphatic carbocycles. The Bertz CT molecular complexity index is 554. The van der Waals surface area contributed by atoms with Crippen LogP contribution in [0, 0.1) is 0 Å². The fourth-order valence-corrected chi connectivity index (χ4v) is 3.09. The van der Waals surface area contributed by atoms with Crippen LogP contribution in [0.2, 0.25) is 0 Å². The van der Waals surface area contributed by atoms with Gasteiger partial charge < -0.3 is 19.7 Å². The summed E-state index contributed by atoms with van der Waals surface area (Å²) in [4.78, 5) is 14.4. The van der Waals surface area contributed by atoms with Gasteiger partial charge in [-0.3, -0.25) is 0 Å². The molecule has 5 heteroatoms. The van der Waals surface area contributed by atoms with E-state index >= 15 is 0 Å². The Kier molecular flexibility index (Phi) is 6.97. The van der Waals surface area contributed by atoms with Crippen molar-refractivity contribution in [3.63, 3.8) is 0 Å². The van der Waals surface area contributed by atoms with Gasteiger partial charge in [0.1, 0.15) is 0 Å². The summed E-state index contributed by atoms with van der Waals surface area (Å²) in [6.45, 7) is 4.78. The molecule has 132 valence electrons. The van der Waals surface area contributed by atoms with Crippen LogP contribution in [0.1, 0.15) is 37.7 Å². The molecule has 0 atom stereocenters. The molecule has 0 spiro atoms. The number of carbonyl (C=O) groups excluding carboxylic acids is 1. The molecule has 0 heterocycles. The predicted octanol–water partition coefficient (Wildman–Crippen LogP) is 3.73. The molecule has 0 aliphatic heterocycles. The van der Waals surface area contributed by atoms with Crippen molar-refractivity contribution < 1.29 is 14.3 Å². The van der Waals surface area contributed by atoms with Gasteiger partial charge in [-0.05, 0) is 30.5 Å². The topological polar surface area (TPSA) is 50.8 Å². The summed E-state index contributed by atoms with van der Waals surface area (Å²) >= 11 is 0. The van der Waals surface area contributed by atoms with Gasteiger partial charge in [-0.2, -0.15) is 0 Å². The number of rotatable bonds is 7. The van der Waals surface area contributed by atoms with E-state index in [0.29, 0.717) is 30.6 Å². The molecule has 1 saturated carbocycles. The molecule has 0 bridgehead atoms. The maximum atomic E-state index is 12.6. The average Bonchev–Trinajstić information content (AvgIpc) is 2.62. The third-order valence-electron chi connectivity index (χ3n) is 4.39. The highest BCUT2D eigenvalue weighted by atomic mass is 16.5. The van der Waals surface area contributed by atoms with E-state index in [1.165, 1.54) is 19.3 Å². The van der Waals surface area contributed by atoms with Gasteiger partial charge in [-0.25, -0.2) is 4.79 Å². The van der Waals surface area contributed by atoms with Crippen molar-refractivity contribution in [2.75, 3.05) is 20.8 Å². The SMILES string of the molecule is C=CCN(Cc1ccc(OC)c(OC)c1)C(=O)NC1CCCCC1. The molecule has 2 amide bonds. The molecule has 2 rings (SSSR count). The number of nitrogens with zero attached hydrogens (tertiary/aromatic N) is 1. The third kappa shape index (κ3) is 4.91. The van der Waals surface area contributed by atoms with Gasteiger partial charge in [0.25, 0.3) is 0 Å². The highest BCUT2D eigenvalue weighted by Gasteiger charge is 2.19. The van der Waals surface area contributed by atoms with Crippen LogP contribution < -0.4 is 14.8 Å². The summed E-state index contributed by atoms with van der Waals surface area (Å²) in [5.41, 5.74) is 0.994. The number of carbonyl (C=O) groups is 1. The number of ether oxygens (including phenoxy) is 2. The van der Waals surface area contributed by atoms with Gasteiger partial charge in [0, 0.05) is 19.1 Å². The third-order valence-corrected chi connectivity index (χ3v) is 4.39. The maximum absolute atomic E-state index is 12.6. The maximum Gasteiger partial charge on any atom is 0.318 e. The summed E-state index contributed by atoms with van der Waals surface area (Å²) in [7, 11) is 3.22. The minimum Gasteiger partial charge on any atom is -0.493 e. The first kappa shape index (κ1) is 18.2. The van der Waals surface area contributed by atoms with E-state index in [1.807, 2.05) is 18.2 Å².